The van der Waals surface area contributed by atoms with Crippen LogP contribution in [0.4, 0.5) is 17.2 Å². The number of fused-ring (bicyclic) bond motifs is 2. The largest absolute Gasteiger partial charge is 0 e. The Balaban J connectivity index is 0.000000190. The van der Waals surface area contributed by atoms with Gasteiger partial charge in [-0.25, -0.2) is 4.98 Å². The summed E-state index contributed by atoms with van der Waals surface area (Å²) in [5, 5.41) is 16.7. The summed E-state index contributed by atoms with van der Waals surface area (Å²) in [6, 6.07) is 40.7. The van der Waals surface area contributed by atoms with Crippen LogP contribution in [0.5, 0.6) is 0 Å². The minimum atomic E-state index is 0. The Morgan fingerprint density at radius 1 is 0.583 bits per heavy atom. The molecule has 1 aliphatic rings. The molecule has 1 aliphatic heterocycles. The third kappa shape index (κ3) is 11.9. The Hall–Kier alpha value is -5.95. The fourth-order valence-corrected chi connectivity index (χ4v) is 11.3. The molecule has 10 rings (SSSR count). The van der Waals surface area contributed by atoms with Crippen LogP contribution in [0.25, 0.3) is 39.1 Å². The molecule has 4 aromatic carbocycles. The molecule has 6 heterocycles. The third-order valence-electron chi connectivity index (χ3n) is 13.3. The molecule has 0 spiro atoms. The van der Waals surface area contributed by atoms with Gasteiger partial charge in [0.15, 0.2) is 0 Å². The number of aromatic nitrogens is 8. The molecular formula is C60H63N10Pt2-5. The van der Waals surface area contributed by atoms with Crippen LogP contribution in [0.1, 0.15) is 94.7 Å². The molecule has 0 unspecified atom stereocenters. The molecule has 5 aromatic heterocycles. The maximum absolute atomic E-state index is 5.01. The molecule has 0 amide bonds. The van der Waals surface area contributed by atoms with E-state index in [0.29, 0.717) is 0 Å². The molecule has 0 saturated carbocycles. The van der Waals surface area contributed by atoms with Gasteiger partial charge in [-0.05, 0) is 69.3 Å². The average Bonchev–Trinajstić information content (AvgIpc) is 4.13. The van der Waals surface area contributed by atoms with Crippen LogP contribution in [-0.2, 0) is 59.8 Å². The number of benzene rings is 4. The standard InChI is InChI=1S/C30H32N5.C30H31N5.2Pt/c2*1-21-15-22(2)29(23(3)16-21)25-18-28-30(31-19-25)35(27-12-8-5-9-13-27)20-34(28)14-10-6-7-11-26-17-24(4)32-33-26;;/h5,8-9,12,15-20H,6-7,10-11,14H2,1-4H3;5,8-9,12,15-19H,6-7,10-11,14H2,1-4H3;;/q-3;-2;;. The third-order valence-corrected chi connectivity index (χ3v) is 14.4. The van der Waals surface area contributed by atoms with Crippen LogP contribution >= 0.6 is 0 Å². The number of hydrogen-bond acceptors (Lipinski definition) is 6. The van der Waals surface area contributed by atoms with E-state index in [9.17, 15) is 0 Å². The second-order valence-corrected chi connectivity index (χ2v) is 20.2. The first-order valence-electron chi connectivity index (χ1n) is 24.9. The summed E-state index contributed by atoms with van der Waals surface area (Å²) in [6.45, 7) is 21.1. The molecule has 72 heavy (non-hydrogen) atoms. The number of para-hydroxylation sites is 2. The van der Waals surface area contributed by atoms with Crippen molar-refractivity contribution in [3.63, 3.8) is 0 Å². The first kappa shape index (κ1) is 52.4. The summed E-state index contributed by atoms with van der Waals surface area (Å²) in [5.41, 5.74) is 22.1. The molecule has 9 aromatic rings. The van der Waals surface area contributed by atoms with Crippen LogP contribution in [0.3, 0.4) is 0 Å². The summed E-state index contributed by atoms with van der Waals surface area (Å²) < 4.78 is 5.78. The Morgan fingerprint density at radius 3 is 1.64 bits per heavy atom. The van der Waals surface area contributed by atoms with Crippen molar-refractivity contribution >= 4 is 28.4 Å². The van der Waals surface area contributed by atoms with Crippen molar-refractivity contribution in [2.75, 3.05) is 16.3 Å². The molecule has 12 heteroatoms. The first-order chi connectivity index (χ1) is 34.4. The van der Waals surface area contributed by atoms with Crippen LogP contribution in [0, 0.1) is 78.0 Å². The summed E-state index contributed by atoms with van der Waals surface area (Å²) in [6.07, 6.45) is 12.7. The van der Waals surface area contributed by atoms with E-state index in [0.717, 1.165) is 125 Å². The van der Waals surface area contributed by atoms with E-state index in [4.69, 9.17) is 9.97 Å². The zero-order valence-electron chi connectivity index (χ0n) is 42.6. The molecule has 0 atom stereocenters. The monoisotopic (exact) mass is 1310 g/mol. The van der Waals surface area contributed by atoms with Gasteiger partial charge in [-0.3, -0.25) is 0 Å². The molecule has 0 aliphatic carbocycles. The molecular weight excluding hydrogens is 1250 g/mol. The van der Waals surface area contributed by atoms with Gasteiger partial charge in [0.05, 0.1) is 5.69 Å². The van der Waals surface area contributed by atoms with Gasteiger partial charge < -0.3 is 20.0 Å². The van der Waals surface area contributed by atoms with E-state index in [1.807, 2.05) is 56.6 Å². The van der Waals surface area contributed by atoms with Crippen molar-refractivity contribution in [3.05, 3.63) is 188 Å². The predicted molar refractivity (Wildman–Crippen MR) is 283 cm³/mol. The van der Waals surface area contributed by atoms with Crippen molar-refractivity contribution in [3.8, 4) is 27.9 Å². The molecule has 0 N–H and O–H groups in total. The summed E-state index contributed by atoms with van der Waals surface area (Å²) >= 11 is 2.44. The van der Waals surface area contributed by atoms with Crippen molar-refractivity contribution < 1.29 is 40.4 Å². The van der Waals surface area contributed by atoms with Gasteiger partial charge in [0, 0.05) is 38.5 Å². The van der Waals surface area contributed by atoms with Crippen LogP contribution < -0.4 is 20.0 Å². The van der Waals surface area contributed by atoms with Crippen molar-refractivity contribution in [1.82, 2.24) is 39.5 Å². The zero-order valence-corrected chi connectivity index (χ0v) is 47.2. The van der Waals surface area contributed by atoms with Gasteiger partial charge in [-0.15, -0.1) is 11.4 Å². The molecule has 0 saturated heterocycles. The Kier molecular flexibility index (Phi) is 17.3. The Bertz CT molecular complexity index is 3280. The molecule has 0 fully saturated rings. The minimum absolute atomic E-state index is 0. The van der Waals surface area contributed by atoms with E-state index < -0.39 is 0 Å². The first-order valence-corrected chi connectivity index (χ1v) is 26.0. The number of unbranched alkanes of at least 4 members (excludes halogenated alkanes) is 4. The van der Waals surface area contributed by atoms with Crippen LogP contribution in [-0.4, -0.2) is 35.8 Å². The minimum Gasteiger partial charge on any atom is 0 e. The maximum atomic E-state index is 5.01. The molecule has 0 radical (unpaired) electrons. The number of nitrogens with zero attached hydrogens (tertiary/aromatic N) is 10. The predicted octanol–water partition coefficient (Wildman–Crippen LogP) is 13.0. The summed E-state index contributed by atoms with van der Waals surface area (Å²) in [7, 11) is 0. The number of rotatable bonds is 16. The second kappa shape index (κ2) is 23.7. The smallest absolute Gasteiger partial charge is 0 e. The van der Waals surface area contributed by atoms with E-state index in [1.54, 1.807) is 0 Å². The van der Waals surface area contributed by atoms with Gasteiger partial charge in [-0.2, -0.15) is 37.0 Å². The van der Waals surface area contributed by atoms with Crippen molar-refractivity contribution in [2.24, 2.45) is 0 Å². The Labute approximate surface area is 451 Å². The van der Waals surface area contributed by atoms with Gasteiger partial charge in [0.25, 0.3) is 0 Å². The fourth-order valence-electron chi connectivity index (χ4n) is 10.2. The summed E-state index contributed by atoms with van der Waals surface area (Å²) in [5.74, 6) is 0.959. The normalized spacial score (nSPS) is 12.0. The number of aryl methyl sites for hydroxylation is 11. The number of anilines is 3. The number of imidazole rings is 1. The molecule has 378 valence electrons. The van der Waals surface area contributed by atoms with E-state index in [1.165, 1.54) is 55.6 Å². The van der Waals surface area contributed by atoms with Gasteiger partial charge in [0.1, 0.15) is 5.82 Å². The quantitative estimate of drug-likeness (QED) is 0.0697. The van der Waals surface area contributed by atoms with Crippen LogP contribution in [0.2, 0.25) is 0 Å². The SMILES string of the molecule is Cc1cc(C)c(-c2cnc3c(c2)N(CCCCCc2cc(C)[n-]n2)[CH-]N3c2[c-]cccc2)c(C)c1.Cc1cc(C)c(-c2cnc3c(c2)n(CCCCCc2cc(C)[n-]n2)[c](=[Pt])n3-c2[c-]cccc2)c(C)c1.[Pt]. The Morgan fingerprint density at radius 2 is 1.11 bits per heavy atom. The summed E-state index contributed by atoms with van der Waals surface area (Å²) in [4.78, 5) is 14.5. The van der Waals surface area contributed by atoms with E-state index in [-0.39, 0.29) is 21.1 Å². The van der Waals surface area contributed by atoms with E-state index >= 15 is 0 Å². The average molecular weight is 1310 g/mol. The number of hydrogen-bond donors (Lipinski definition) is 0. The zero-order chi connectivity index (χ0) is 49.6. The van der Waals surface area contributed by atoms with Gasteiger partial charge >= 0.3 is 224 Å². The molecule has 10 nitrogen and oxygen atoms in total. The topological polar surface area (TPSA) is 96.1 Å². The van der Waals surface area contributed by atoms with E-state index in [2.05, 4.69) is 186 Å². The second-order valence-electron chi connectivity index (χ2n) is 19.2. The van der Waals surface area contributed by atoms with Crippen molar-refractivity contribution in [1.29, 1.82) is 0 Å². The molecule has 0 bridgehead atoms. The van der Waals surface area contributed by atoms with Gasteiger partial charge in [-0.1, -0.05) is 37.1 Å². The van der Waals surface area contributed by atoms with Gasteiger partial charge in [0.2, 0.25) is 0 Å². The van der Waals surface area contributed by atoms with Crippen molar-refractivity contribution in [2.45, 2.75) is 113 Å². The fraction of sp³-hybridized carbons (Fsp3) is 0.300. The van der Waals surface area contributed by atoms with Crippen LogP contribution in [0.15, 0.2) is 109 Å². The number of pyridine rings is 2. The maximum Gasteiger partial charge on any atom is 0 e.